The van der Waals surface area contributed by atoms with Crippen LogP contribution in [-0.4, -0.2) is 22.1 Å². The number of allylic oxidation sites excluding steroid dienone is 2. The average molecular weight is 304 g/mol. The van der Waals surface area contributed by atoms with E-state index in [9.17, 15) is 17.4 Å². The van der Waals surface area contributed by atoms with E-state index in [1.165, 1.54) is 42.8 Å². The van der Waals surface area contributed by atoms with E-state index in [1.807, 2.05) is 0 Å². The molecule has 0 aliphatic carbocycles. The summed E-state index contributed by atoms with van der Waals surface area (Å²) in [6.07, 6.45) is 5.32. The Kier molecular flexibility index (Phi) is 2.52. The number of nitrogens with zero attached hydrogens (tertiary/aromatic N) is 2. The van der Waals surface area contributed by atoms with Gasteiger partial charge in [0.25, 0.3) is 0 Å². The minimum Gasteiger partial charge on any atom is -0.396 e. The van der Waals surface area contributed by atoms with Gasteiger partial charge in [-0.1, -0.05) is 6.07 Å². The Labute approximate surface area is 123 Å². The highest BCUT2D eigenvalue weighted by Gasteiger charge is 2.51. The van der Waals surface area contributed by atoms with Crippen LogP contribution in [0.2, 0.25) is 0 Å². The zero-order valence-electron chi connectivity index (χ0n) is 11.2. The molecule has 1 aromatic heterocycles. The Morgan fingerprint density at radius 3 is 2.45 bits per heavy atom. The molecule has 0 fully saturated rings. The van der Waals surface area contributed by atoms with Crippen molar-refractivity contribution in [1.82, 2.24) is 4.48 Å². The highest BCUT2D eigenvalue weighted by molar-refractivity contribution is 6.57. The molecule has 0 atom stereocenters. The Morgan fingerprint density at radius 2 is 1.73 bits per heavy atom. The van der Waals surface area contributed by atoms with Gasteiger partial charge in [-0.05, 0) is 30.5 Å². The van der Waals surface area contributed by atoms with Gasteiger partial charge in [-0.3, -0.25) is 0 Å². The Morgan fingerprint density at radius 1 is 1.00 bits per heavy atom. The normalized spacial score (nSPS) is 18.3. The number of aromatic nitrogens is 1. The molecule has 0 unspecified atom stereocenters. The largest absolute Gasteiger partial charge is 0.737 e. The standard InChI is InChI=1S/C15H9BF4N2/c17-10-4-1-5-11(18)14(10)15-12-6-2-8-21(12)16(19,20)22-9-3-7-13(15)22/h1-9H. The van der Waals surface area contributed by atoms with E-state index in [2.05, 4.69) is 0 Å². The van der Waals surface area contributed by atoms with E-state index in [-0.39, 0.29) is 22.5 Å². The van der Waals surface area contributed by atoms with Crippen molar-refractivity contribution in [2.24, 2.45) is 0 Å². The second-order valence-electron chi connectivity index (χ2n) is 5.16. The van der Waals surface area contributed by atoms with Crippen LogP contribution in [0.4, 0.5) is 17.4 Å². The molecule has 2 nitrogen and oxygen atoms in total. The molecular formula is C15H9BF4N2. The second-order valence-corrected chi connectivity index (χ2v) is 5.16. The fourth-order valence-electron chi connectivity index (χ4n) is 3.01. The Bertz CT molecular complexity index is 872. The summed E-state index contributed by atoms with van der Waals surface area (Å²) in [5, 5.41) is 0. The fraction of sp³-hybridized carbons (Fsp3) is 0. The number of fused-ring (bicyclic) bond motifs is 2. The van der Waals surface area contributed by atoms with Gasteiger partial charge >= 0.3 is 6.97 Å². The van der Waals surface area contributed by atoms with Crippen LogP contribution >= 0.6 is 0 Å². The lowest BCUT2D eigenvalue weighted by Gasteiger charge is -2.31. The van der Waals surface area contributed by atoms with Gasteiger partial charge in [-0.15, -0.1) is 0 Å². The molecule has 0 bridgehead atoms. The van der Waals surface area contributed by atoms with Gasteiger partial charge in [0.2, 0.25) is 0 Å². The van der Waals surface area contributed by atoms with E-state index in [4.69, 9.17) is 0 Å². The monoisotopic (exact) mass is 304 g/mol. The van der Waals surface area contributed by atoms with Crippen LogP contribution in [0.5, 0.6) is 0 Å². The second kappa shape index (κ2) is 4.22. The predicted octanol–water partition coefficient (Wildman–Crippen LogP) is 3.42. The quantitative estimate of drug-likeness (QED) is 0.563. The fourth-order valence-corrected chi connectivity index (χ4v) is 3.01. The molecular weight excluding hydrogens is 295 g/mol. The first-order chi connectivity index (χ1) is 10.5. The summed E-state index contributed by atoms with van der Waals surface area (Å²) in [6, 6.07) is 6.35. The van der Waals surface area contributed by atoms with Crippen molar-refractivity contribution >= 4 is 18.8 Å². The minimum atomic E-state index is -4.07. The lowest BCUT2D eigenvalue weighted by Crippen LogP contribution is -2.49. The summed E-state index contributed by atoms with van der Waals surface area (Å²) in [7, 11) is 0. The van der Waals surface area contributed by atoms with Crippen LogP contribution in [-0.2, 0) is 0 Å². The first-order valence-electron chi connectivity index (χ1n) is 6.70. The molecule has 0 amide bonds. The molecule has 2 aromatic rings. The van der Waals surface area contributed by atoms with Crippen molar-refractivity contribution in [1.29, 1.82) is 0 Å². The van der Waals surface area contributed by atoms with Crippen molar-refractivity contribution < 1.29 is 21.9 Å². The molecule has 0 radical (unpaired) electrons. The van der Waals surface area contributed by atoms with Gasteiger partial charge < -0.3 is 17.6 Å². The Balaban J connectivity index is 2.12. The van der Waals surface area contributed by atoms with Crippen LogP contribution in [0.25, 0.3) is 5.57 Å². The number of hydrogen-bond acceptors (Lipinski definition) is 0. The van der Waals surface area contributed by atoms with Crippen LogP contribution in [0.1, 0.15) is 11.3 Å². The number of rotatable bonds is 1. The summed E-state index contributed by atoms with van der Waals surface area (Å²) in [5.74, 6) is -1.57. The third-order valence-corrected chi connectivity index (χ3v) is 3.95. The third kappa shape index (κ3) is 1.53. The summed E-state index contributed by atoms with van der Waals surface area (Å²) >= 11 is 0. The first-order valence-corrected chi connectivity index (χ1v) is 6.70. The zero-order chi connectivity index (χ0) is 15.5. The lowest BCUT2D eigenvalue weighted by atomic mass is 9.86. The summed E-state index contributed by atoms with van der Waals surface area (Å²) in [6.45, 7) is -4.07. The van der Waals surface area contributed by atoms with Crippen molar-refractivity contribution in [3.05, 3.63) is 77.3 Å². The number of hydrogen-bond donors (Lipinski definition) is 0. The van der Waals surface area contributed by atoms with Gasteiger partial charge in [0.15, 0.2) is 5.70 Å². The van der Waals surface area contributed by atoms with Crippen LogP contribution in [0.15, 0.2) is 54.4 Å². The highest BCUT2D eigenvalue weighted by atomic mass is 19.2. The van der Waals surface area contributed by atoms with Gasteiger partial charge in [0.05, 0.1) is 11.1 Å². The molecule has 0 spiro atoms. The van der Waals surface area contributed by atoms with E-state index in [0.717, 1.165) is 21.1 Å². The smallest absolute Gasteiger partial charge is 0.396 e. The SMILES string of the molecule is Fc1cccc(F)c1C1=C2C=CC=[N+]2[B-](F)(F)n2cccc21. The minimum absolute atomic E-state index is 0.0974. The van der Waals surface area contributed by atoms with Gasteiger partial charge in [0, 0.05) is 17.8 Å². The van der Waals surface area contributed by atoms with E-state index in [0.29, 0.717) is 0 Å². The Hall–Kier alpha value is -2.57. The van der Waals surface area contributed by atoms with Crippen LogP contribution in [0, 0.1) is 11.6 Å². The first kappa shape index (κ1) is 13.1. The van der Waals surface area contributed by atoms with Gasteiger partial charge in [0.1, 0.15) is 17.8 Å². The van der Waals surface area contributed by atoms with Crippen molar-refractivity contribution in [3.63, 3.8) is 0 Å². The predicted molar refractivity (Wildman–Crippen MR) is 75.6 cm³/mol. The maximum absolute atomic E-state index is 14.5. The van der Waals surface area contributed by atoms with Crippen molar-refractivity contribution in [2.45, 2.75) is 0 Å². The topological polar surface area (TPSA) is 7.94 Å². The molecule has 110 valence electrons. The maximum Gasteiger partial charge on any atom is 0.737 e. The molecule has 7 heteroatoms. The van der Waals surface area contributed by atoms with Crippen LogP contribution < -0.4 is 0 Å². The van der Waals surface area contributed by atoms with Crippen LogP contribution in [0.3, 0.4) is 0 Å². The molecule has 2 aliphatic rings. The van der Waals surface area contributed by atoms with E-state index < -0.39 is 18.6 Å². The molecule has 4 rings (SSSR count). The maximum atomic E-state index is 14.5. The molecule has 22 heavy (non-hydrogen) atoms. The number of halogens is 4. The molecule has 2 aliphatic heterocycles. The summed E-state index contributed by atoms with van der Waals surface area (Å²) in [5.41, 5.74) is 0.0208. The molecule has 3 heterocycles. The average Bonchev–Trinajstić information content (AvgIpc) is 3.11. The van der Waals surface area contributed by atoms with Gasteiger partial charge in [-0.25, -0.2) is 8.78 Å². The highest BCUT2D eigenvalue weighted by Crippen LogP contribution is 2.39. The molecule has 1 aromatic carbocycles. The van der Waals surface area contributed by atoms with Gasteiger partial charge in [-0.2, -0.15) is 0 Å². The molecule has 0 saturated carbocycles. The van der Waals surface area contributed by atoms with Crippen molar-refractivity contribution in [2.75, 3.05) is 0 Å². The third-order valence-electron chi connectivity index (χ3n) is 3.95. The number of benzene rings is 1. The summed E-state index contributed by atoms with van der Waals surface area (Å²) < 4.78 is 58.9. The lowest BCUT2D eigenvalue weighted by molar-refractivity contribution is -0.356. The van der Waals surface area contributed by atoms with Crippen molar-refractivity contribution in [3.8, 4) is 0 Å². The van der Waals surface area contributed by atoms with E-state index in [1.54, 1.807) is 0 Å². The van der Waals surface area contributed by atoms with E-state index >= 15 is 0 Å². The molecule has 0 N–H and O–H groups in total. The zero-order valence-corrected chi connectivity index (χ0v) is 11.2. The summed E-state index contributed by atoms with van der Waals surface area (Å²) in [4.78, 5) is 0. The molecule has 0 saturated heterocycles.